The first-order valence-corrected chi connectivity index (χ1v) is 7.43. The zero-order valence-corrected chi connectivity index (χ0v) is 11.5. The maximum Gasteiger partial charge on any atom is 0.263 e. The van der Waals surface area contributed by atoms with Crippen LogP contribution in [-0.2, 0) is 0 Å². The molecule has 98 valence electrons. The van der Waals surface area contributed by atoms with Crippen molar-refractivity contribution >= 4 is 27.9 Å². The molecule has 0 radical (unpaired) electrons. The van der Waals surface area contributed by atoms with Crippen molar-refractivity contribution in [3.63, 3.8) is 0 Å². The molecular formula is C13H19N3OS. The molecule has 1 aliphatic heterocycles. The lowest BCUT2D eigenvalue weighted by Crippen LogP contribution is -2.17. The van der Waals surface area contributed by atoms with Crippen molar-refractivity contribution in [1.82, 2.24) is 5.32 Å². The lowest BCUT2D eigenvalue weighted by atomic mass is 10.1. The van der Waals surface area contributed by atoms with Crippen LogP contribution in [0.15, 0.2) is 0 Å². The van der Waals surface area contributed by atoms with E-state index in [1.807, 2.05) is 0 Å². The third kappa shape index (κ3) is 1.86. The summed E-state index contributed by atoms with van der Waals surface area (Å²) in [5.74, 6) is 0.542. The number of nitrogens with zero attached hydrogens (tertiary/aromatic N) is 1. The Hall–Kier alpha value is -1.23. The monoisotopic (exact) mass is 265 g/mol. The van der Waals surface area contributed by atoms with Crippen LogP contribution in [0.5, 0.6) is 0 Å². The van der Waals surface area contributed by atoms with Crippen LogP contribution in [0.2, 0.25) is 0 Å². The number of carbonyl (C=O) groups is 1. The maximum atomic E-state index is 11.9. The summed E-state index contributed by atoms with van der Waals surface area (Å²) in [6.07, 6.45) is 4.93. The van der Waals surface area contributed by atoms with Gasteiger partial charge in [0.25, 0.3) is 5.91 Å². The fourth-order valence-corrected chi connectivity index (χ4v) is 3.95. The minimum atomic E-state index is -0.0511. The van der Waals surface area contributed by atoms with Crippen molar-refractivity contribution in [3.8, 4) is 0 Å². The van der Waals surface area contributed by atoms with E-state index >= 15 is 0 Å². The van der Waals surface area contributed by atoms with E-state index in [2.05, 4.69) is 10.2 Å². The molecule has 3 N–H and O–H groups in total. The summed E-state index contributed by atoms with van der Waals surface area (Å²) >= 11 is 1.57. The number of nitrogen functional groups attached to an aromatic ring is 1. The van der Waals surface area contributed by atoms with Crippen LogP contribution in [0.4, 0.5) is 10.7 Å². The molecule has 18 heavy (non-hydrogen) atoms. The molecule has 1 aliphatic carbocycles. The van der Waals surface area contributed by atoms with E-state index in [1.165, 1.54) is 36.2 Å². The van der Waals surface area contributed by atoms with Gasteiger partial charge in [0, 0.05) is 25.7 Å². The summed E-state index contributed by atoms with van der Waals surface area (Å²) in [4.78, 5) is 15.0. The molecule has 4 nitrogen and oxygen atoms in total. The molecule has 2 fully saturated rings. The Kier molecular flexibility index (Phi) is 2.93. The number of nitrogens with one attached hydrogen (secondary N) is 1. The minimum absolute atomic E-state index is 0.0511. The Balaban J connectivity index is 2.02. The fraction of sp³-hybridized carbons (Fsp3) is 0.615. The van der Waals surface area contributed by atoms with Gasteiger partial charge in [-0.2, -0.15) is 0 Å². The minimum Gasteiger partial charge on any atom is -0.397 e. The molecule has 1 saturated carbocycles. The maximum absolute atomic E-state index is 11.9. The van der Waals surface area contributed by atoms with Crippen LogP contribution in [0.25, 0.3) is 0 Å². The molecule has 1 aromatic heterocycles. The smallest absolute Gasteiger partial charge is 0.263 e. The van der Waals surface area contributed by atoms with Gasteiger partial charge >= 0.3 is 0 Å². The zero-order valence-electron chi connectivity index (χ0n) is 10.7. The van der Waals surface area contributed by atoms with E-state index in [4.69, 9.17) is 5.73 Å². The second-order valence-corrected chi connectivity index (χ2v) is 6.11. The topological polar surface area (TPSA) is 58.4 Å². The lowest BCUT2D eigenvalue weighted by Gasteiger charge is -2.17. The van der Waals surface area contributed by atoms with Crippen molar-refractivity contribution in [3.05, 3.63) is 10.4 Å². The Morgan fingerprint density at radius 1 is 1.39 bits per heavy atom. The Labute approximate surface area is 111 Å². The molecule has 5 heteroatoms. The standard InChI is InChI=1S/C13H19N3OS/c1-15-12(17)11-10(14)9(8-4-5-8)13(18-11)16-6-2-3-7-16/h8H,2-7,14H2,1H3,(H,15,17). The molecule has 2 aliphatic rings. The average Bonchev–Trinajstić information content (AvgIpc) is 2.94. The van der Waals surface area contributed by atoms with Crippen molar-refractivity contribution in [1.29, 1.82) is 0 Å². The summed E-state index contributed by atoms with van der Waals surface area (Å²) in [6.45, 7) is 2.21. The molecule has 1 aromatic rings. The predicted molar refractivity (Wildman–Crippen MR) is 75.5 cm³/mol. The van der Waals surface area contributed by atoms with Gasteiger partial charge in [-0.1, -0.05) is 0 Å². The highest BCUT2D eigenvalue weighted by Crippen LogP contribution is 2.52. The summed E-state index contributed by atoms with van der Waals surface area (Å²) < 4.78 is 0. The Morgan fingerprint density at radius 2 is 2.06 bits per heavy atom. The first kappa shape index (κ1) is 11.8. The molecular weight excluding hydrogens is 246 g/mol. The normalized spacial score (nSPS) is 19.3. The quantitative estimate of drug-likeness (QED) is 0.880. The van der Waals surface area contributed by atoms with E-state index < -0.39 is 0 Å². The first-order valence-electron chi connectivity index (χ1n) is 6.61. The molecule has 3 rings (SSSR count). The van der Waals surface area contributed by atoms with Crippen LogP contribution in [-0.4, -0.2) is 26.0 Å². The predicted octanol–water partition coefficient (Wildman–Crippen LogP) is 2.17. The van der Waals surface area contributed by atoms with E-state index in [0.717, 1.165) is 18.8 Å². The largest absolute Gasteiger partial charge is 0.397 e. The van der Waals surface area contributed by atoms with E-state index in [1.54, 1.807) is 18.4 Å². The Bertz CT molecular complexity index is 473. The van der Waals surface area contributed by atoms with Gasteiger partial charge in [0.05, 0.1) is 10.7 Å². The van der Waals surface area contributed by atoms with Crippen LogP contribution < -0.4 is 16.0 Å². The van der Waals surface area contributed by atoms with Crippen molar-refractivity contribution < 1.29 is 4.79 Å². The lowest BCUT2D eigenvalue weighted by molar-refractivity contribution is 0.0968. The molecule has 2 heterocycles. The molecule has 0 spiro atoms. The van der Waals surface area contributed by atoms with Gasteiger partial charge in [0.1, 0.15) is 4.88 Å². The van der Waals surface area contributed by atoms with E-state index in [-0.39, 0.29) is 5.91 Å². The van der Waals surface area contributed by atoms with Gasteiger partial charge in [-0.15, -0.1) is 11.3 Å². The summed E-state index contributed by atoms with van der Waals surface area (Å²) in [5.41, 5.74) is 8.19. The number of rotatable bonds is 3. The molecule has 0 bridgehead atoms. The molecule has 1 saturated heterocycles. The third-order valence-corrected chi connectivity index (χ3v) is 5.06. The van der Waals surface area contributed by atoms with Crippen molar-refractivity contribution in [2.24, 2.45) is 0 Å². The zero-order chi connectivity index (χ0) is 12.7. The number of nitrogens with two attached hydrogens (primary N) is 1. The SMILES string of the molecule is CNC(=O)c1sc(N2CCCC2)c(C2CC2)c1N. The third-order valence-electron chi connectivity index (χ3n) is 3.78. The number of amides is 1. The van der Waals surface area contributed by atoms with Crippen molar-refractivity contribution in [2.45, 2.75) is 31.6 Å². The van der Waals surface area contributed by atoms with Crippen LogP contribution >= 0.6 is 11.3 Å². The van der Waals surface area contributed by atoms with Gasteiger partial charge in [0.15, 0.2) is 0 Å². The number of hydrogen-bond acceptors (Lipinski definition) is 4. The summed E-state index contributed by atoms with van der Waals surface area (Å²) in [5, 5.41) is 3.94. The summed E-state index contributed by atoms with van der Waals surface area (Å²) in [7, 11) is 1.66. The van der Waals surface area contributed by atoms with Crippen LogP contribution in [0.1, 0.15) is 46.8 Å². The summed E-state index contributed by atoms with van der Waals surface area (Å²) in [6, 6.07) is 0. The second kappa shape index (κ2) is 4.46. The number of carbonyl (C=O) groups excluding carboxylic acids is 1. The number of anilines is 2. The van der Waals surface area contributed by atoms with Gasteiger partial charge < -0.3 is 16.0 Å². The highest BCUT2D eigenvalue weighted by Gasteiger charge is 2.34. The number of hydrogen-bond donors (Lipinski definition) is 2. The fourth-order valence-electron chi connectivity index (χ4n) is 2.65. The van der Waals surface area contributed by atoms with Crippen LogP contribution in [0.3, 0.4) is 0 Å². The highest BCUT2D eigenvalue weighted by atomic mass is 32.1. The van der Waals surface area contributed by atoms with Crippen molar-refractivity contribution in [2.75, 3.05) is 30.8 Å². The second-order valence-electron chi connectivity index (χ2n) is 5.11. The van der Waals surface area contributed by atoms with Gasteiger partial charge in [-0.05, 0) is 31.6 Å². The van der Waals surface area contributed by atoms with Gasteiger partial charge in [-0.3, -0.25) is 4.79 Å². The number of thiophene rings is 1. The average molecular weight is 265 g/mol. The molecule has 0 atom stereocenters. The van der Waals surface area contributed by atoms with Crippen LogP contribution in [0, 0.1) is 0 Å². The van der Waals surface area contributed by atoms with E-state index in [0.29, 0.717) is 10.8 Å². The highest BCUT2D eigenvalue weighted by molar-refractivity contribution is 7.18. The van der Waals surface area contributed by atoms with Gasteiger partial charge in [-0.25, -0.2) is 0 Å². The first-order chi connectivity index (χ1) is 8.72. The van der Waals surface area contributed by atoms with Gasteiger partial charge in [0.2, 0.25) is 0 Å². The molecule has 1 amide bonds. The molecule has 0 unspecified atom stereocenters. The molecule has 0 aromatic carbocycles. The van der Waals surface area contributed by atoms with E-state index in [9.17, 15) is 4.79 Å². The Morgan fingerprint density at radius 3 is 2.61 bits per heavy atom.